The Morgan fingerprint density at radius 2 is 1.76 bits per heavy atom. The highest BCUT2D eigenvalue weighted by molar-refractivity contribution is 7.92. The maximum absolute atomic E-state index is 12.6. The van der Waals surface area contributed by atoms with E-state index in [1.54, 1.807) is 0 Å². The summed E-state index contributed by atoms with van der Waals surface area (Å²) in [6.45, 7) is 0. The molecule has 1 N–H and O–H groups in total. The summed E-state index contributed by atoms with van der Waals surface area (Å²) >= 11 is 0. The van der Waals surface area contributed by atoms with E-state index < -0.39 is 14.6 Å². The van der Waals surface area contributed by atoms with Crippen molar-refractivity contribution >= 4 is 21.4 Å². The average molecular weight is 307 g/mol. The van der Waals surface area contributed by atoms with Gasteiger partial charge in [0.05, 0.1) is 0 Å². The SMILES string of the molecule is CS(=O)(=O)C1(C(=O)Nc2ccc3c(c2)CCC3)CCCC1. The second-order valence-electron chi connectivity index (χ2n) is 6.26. The first-order valence-corrected chi connectivity index (χ1v) is 9.44. The van der Waals surface area contributed by atoms with Crippen molar-refractivity contribution in [2.24, 2.45) is 0 Å². The quantitative estimate of drug-likeness (QED) is 0.933. The molecule has 1 amide bonds. The maximum Gasteiger partial charge on any atom is 0.245 e. The summed E-state index contributed by atoms with van der Waals surface area (Å²) in [4.78, 5) is 12.6. The van der Waals surface area contributed by atoms with Gasteiger partial charge in [-0.2, -0.15) is 0 Å². The van der Waals surface area contributed by atoms with Crippen LogP contribution in [0.3, 0.4) is 0 Å². The van der Waals surface area contributed by atoms with Crippen molar-refractivity contribution < 1.29 is 13.2 Å². The second kappa shape index (κ2) is 5.13. The molecule has 21 heavy (non-hydrogen) atoms. The minimum absolute atomic E-state index is 0.361. The van der Waals surface area contributed by atoms with Crippen LogP contribution in [0.1, 0.15) is 43.2 Å². The van der Waals surface area contributed by atoms with Crippen LogP contribution in [-0.2, 0) is 27.5 Å². The molecular weight excluding hydrogens is 286 g/mol. The van der Waals surface area contributed by atoms with Crippen LogP contribution < -0.4 is 5.32 Å². The second-order valence-corrected chi connectivity index (χ2v) is 8.59. The van der Waals surface area contributed by atoms with Crippen LogP contribution >= 0.6 is 0 Å². The maximum atomic E-state index is 12.6. The molecule has 0 unspecified atom stereocenters. The molecule has 114 valence electrons. The average Bonchev–Trinajstić information content (AvgIpc) is 3.07. The number of anilines is 1. The fourth-order valence-corrected chi connectivity index (χ4v) is 5.02. The van der Waals surface area contributed by atoms with E-state index in [1.165, 1.54) is 17.4 Å². The Labute approximate surface area is 125 Å². The Morgan fingerprint density at radius 1 is 1.10 bits per heavy atom. The largest absolute Gasteiger partial charge is 0.325 e. The predicted molar refractivity (Wildman–Crippen MR) is 83.1 cm³/mol. The van der Waals surface area contributed by atoms with Crippen LogP contribution in [0.25, 0.3) is 0 Å². The third-order valence-electron chi connectivity index (χ3n) is 4.89. The van der Waals surface area contributed by atoms with Crippen LogP contribution in [0.5, 0.6) is 0 Å². The third-order valence-corrected chi connectivity index (χ3v) is 6.90. The van der Waals surface area contributed by atoms with Crippen molar-refractivity contribution in [3.8, 4) is 0 Å². The van der Waals surface area contributed by atoms with Gasteiger partial charge >= 0.3 is 0 Å². The Balaban J connectivity index is 1.85. The van der Waals surface area contributed by atoms with E-state index in [0.717, 1.165) is 37.8 Å². The summed E-state index contributed by atoms with van der Waals surface area (Å²) in [5, 5.41) is 2.84. The highest BCUT2D eigenvalue weighted by Crippen LogP contribution is 2.37. The molecule has 2 aliphatic rings. The first kappa shape index (κ1) is 14.6. The molecular formula is C16H21NO3S. The first-order valence-electron chi connectivity index (χ1n) is 7.55. The van der Waals surface area contributed by atoms with Crippen molar-refractivity contribution in [3.63, 3.8) is 0 Å². The molecule has 0 radical (unpaired) electrons. The van der Waals surface area contributed by atoms with Crippen molar-refractivity contribution in [1.82, 2.24) is 0 Å². The molecule has 1 aromatic rings. The van der Waals surface area contributed by atoms with Crippen molar-refractivity contribution in [2.75, 3.05) is 11.6 Å². The van der Waals surface area contributed by atoms with E-state index in [4.69, 9.17) is 0 Å². The van der Waals surface area contributed by atoms with Crippen molar-refractivity contribution in [2.45, 2.75) is 49.7 Å². The van der Waals surface area contributed by atoms with Gasteiger partial charge in [-0.25, -0.2) is 8.42 Å². The first-order chi connectivity index (χ1) is 9.92. The lowest BCUT2D eigenvalue weighted by atomic mass is 10.1. The number of amides is 1. The number of benzene rings is 1. The van der Waals surface area contributed by atoms with Gasteiger partial charge in [0.25, 0.3) is 0 Å². The van der Waals surface area contributed by atoms with Crippen molar-refractivity contribution in [1.29, 1.82) is 0 Å². The van der Waals surface area contributed by atoms with Crippen LogP contribution in [0.2, 0.25) is 0 Å². The predicted octanol–water partition coefficient (Wildman–Crippen LogP) is 2.47. The molecule has 3 rings (SSSR count). The summed E-state index contributed by atoms with van der Waals surface area (Å²) < 4.78 is 23.0. The van der Waals surface area contributed by atoms with Gasteiger partial charge in [0.1, 0.15) is 0 Å². The fourth-order valence-electron chi connectivity index (χ4n) is 3.61. The molecule has 0 aromatic heterocycles. The lowest BCUT2D eigenvalue weighted by Gasteiger charge is -2.25. The summed E-state index contributed by atoms with van der Waals surface area (Å²) in [5.74, 6) is -0.361. The van der Waals surface area contributed by atoms with Gasteiger partial charge in [0, 0.05) is 11.9 Å². The van der Waals surface area contributed by atoms with Gasteiger partial charge in [0.2, 0.25) is 5.91 Å². The third kappa shape index (κ3) is 2.48. The minimum Gasteiger partial charge on any atom is -0.325 e. The zero-order valence-electron chi connectivity index (χ0n) is 12.3. The number of aryl methyl sites for hydroxylation is 2. The van der Waals surface area contributed by atoms with E-state index in [1.807, 2.05) is 18.2 Å². The smallest absolute Gasteiger partial charge is 0.245 e. The highest BCUT2D eigenvalue weighted by atomic mass is 32.2. The highest BCUT2D eigenvalue weighted by Gasteiger charge is 2.49. The molecule has 5 heteroatoms. The molecule has 0 aliphatic heterocycles. The summed E-state index contributed by atoms with van der Waals surface area (Å²) in [6, 6.07) is 5.91. The number of nitrogens with one attached hydrogen (secondary N) is 1. The monoisotopic (exact) mass is 307 g/mol. The Hall–Kier alpha value is -1.36. The van der Waals surface area contributed by atoms with Gasteiger partial charge in [0.15, 0.2) is 14.6 Å². The van der Waals surface area contributed by atoms with Crippen LogP contribution in [0.4, 0.5) is 5.69 Å². The van der Waals surface area contributed by atoms with Gasteiger partial charge in [-0.15, -0.1) is 0 Å². The normalized spacial score (nSPS) is 20.2. The minimum atomic E-state index is -3.41. The molecule has 0 atom stereocenters. The van der Waals surface area contributed by atoms with Crippen LogP contribution in [0.15, 0.2) is 18.2 Å². The van der Waals surface area contributed by atoms with Crippen molar-refractivity contribution in [3.05, 3.63) is 29.3 Å². The molecule has 1 saturated carbocycles. The number of carbonyl (C=O) groups excluding carboxylic acids is 1. The van der Waals surface area contributed by atoms with E-state index in [2.05, 4.69) is 5.32 Å². The molecule has 0 heterocycles. The zero-order chi connectivity index (χ0) is 15.1. The van der Waals surface area contributed by atoms with E-state index in [-0.39, 0.29) is 5.91 Å². The topological polar surface area (TPSA) is 63.2 Å². The van der Waals surface area contributed by atoms with Crippen LogP contribution in [0, 0.1) is 0 Å². The van der Waals surface area contributed by atoms with E-state index in [0.29, 0.717) is 12.8 Å². The standard InChI is InChI=1S/C16H21NO3S/c1-21(19,20)16(9-2-3-10-16)15(18)17-14-8-7-12-5-4-6-13(12)11-14/h7-8,11H,2-6,9-10H2,1H3,(H,17,18). The summed E-state index contributed by atoms with van der Waals surface area (Å²) in [6.07, 6.45) is 6.92. The number of rotatable bonds is 3. The number of carbonyl (C=O) groups is 1. The number of hydrogen-bond acceptors (Lipinski definition) is 3. The number of hydrogen-bond donors (Lipinski definition) is 1. The molecule has 1 aromatic carbocycles. The Bertz CT molecular complexity index is 673. The van der Waals surface area contributed by atoms with Gasteiger partial charge in [-0.3, -0.25) is 4.79 Å². The van der Waals surface area contributed by atoms with E-state index >= 15 is 0 Å². The van der Waals surface area contributed by atoms with Gasteiger partial charge < -0.3 is 5.32 Å². The van der Waals surface area contributed by atoms with Gasteiger partial charge in [-0.05, 0) is 55.4 Å². The molecule has 0 saturated heterocycles. The lowest BCUT2D eigenvalue weighted by molar-refractivity contribution is -0.118. The molecule has 4 nitrogen and oxygen atoms in total. The molecule has 2 aliphatic carbocycles. The molecule has 0 spiro atoms. The zero-order valence-corrected chi connectivity index (χ0v) is 13.1. The van der Waals surface area contributed by atoms with Gasteiger partial charge in [-0.1, -0.05) is 18.9 Å². The van der Waals surface area contributed by atoms with Crippen LogP contribution in [-0.4, -0.2) is 25.3 Å². The Morgan fingerprint density at radius 3 is 2.43 bits per heavy atom. The molecule has 0 bridgehead atoms. The van der Waals surface area contributed by atoms with E-state index in [9.17, 15) is 13.2 Å². The summed E-state index contributed by atoms with van der Waals surface area (Å²) in [5.41, 5.74) is 3.33. The number of sulfone groups is 1. The lowest BCUT2D eigenvalue weighted by Crippen LogP contribution is -2.47. The molecule has 1 fully saturated rings. The number of fused-ring (bicyclic) bond motifs is 1. The Kier molecular flexibility index (Phi) is 3.56. The summed E-state index contributed by atoms with van der Waals surface area (Å²) in [7, 11) is -3.41. The fraction of sp³-hybridized carbons (Fsp3) is 0.562.